The van der Waals surface area contributed by atoms with Gasteiger partial charge in [0.15, 0.2) is 11.5 Å². The number of aryl methyl sites for hydroxylation is 1. The van der Waals surface area contributed by atoms with Crippen LogP contribution in [0.25, 0.3) is 27.1 Å². The van der Waals surface area contributed by atoms with Gasteiger partial charge in [-0.1, -0.05) is 32.0 Å². The van der Waals surface area contributed by atoms with Crippen LogP contribution >= 0.6 is 11.3 Å². The molecule has 1 aliphatic heterocycles. The summed E-state index contributed by atoms with van der Waals surface area (Å²) < 4.78 is 8.71. The van der Waals surface area contributed by atoms with Crippen LogP contribution in [-0.4, -0.2) is 57.1 Å². The predicted octanol–water partition coefficient (Wildman–Crippen LogP) is 5.67. The highest BCUT2D eigenvalue weighted by Crippen LogP contribution is 2.30. The maximum Gasteiger partial charge on any atom is 0.180 e. The fourth-order valence-corrected chi connectivity index (χ4v) is 5.72. The third kappa shape index (κ3) is 4.59. The van der Waals surface area contributed by atoms with E-state index in [1.54, 1.807) is 17.5 Å². The van der Waals surface area contributed by atoms with Crippen molar-refractivity contribution in [2.75, 3.05) is 38.2 Å². The Morgan fingerprint density at radius 3 is 2.67 bits per heavy atom. The zero-order valence-corrected chi connectivity index (χ0v) is 21.7. The molecule has 0 unspecified atom stereocenters. The quantitative estimate of drug-likeness (QED) is 0.325. The molecular formula is C28H30N6OS. The Hall–Kier alpha value is -3.33. The van der Waals surface area contributed by atoms with Gasteiger partial charge in [-0.15, -0.1) is 11.3 Å². The van der Waals surface area contributed by atoms with E-state index in [4.69, 9.17) is 9.72 Å². The molecule has 5 aromatic rings. The highest BCUT2D eigenvalue weighted by atomic mass is 32.1. The van der Waals surface area contributed by atoms with E-state index in [1.165, 1.54) is 10.3 Å². The summed E-state index contributed by atoms with van der Waals surface area (Å²) in [6, 6.07) is 15.0. The van der Waals surface area contributed by atoms with E-state index in [0.717, 1.165) is 71.8 Å². The van der Waals surface area contributed by atoms with Crippen molar-refractivity contribution < 1.29 is 4.74 Å². The molecule has 0 radical (unpaired) electrons. The Morgan fingerprint density at radius 1 is 1.06 bits per heavy atom. The van der Waals surface area contributed by atoms with Crippen LogP contribution in [0.3, 0.4) is 0 Å². The van der Waals surface area contributed by atoms with Crippen molar-refractivity contribution >= 4 is 38.7 Å². The highest BCUT2D eigenvalue weighted by molar-refractivity contribution is 7.18. The molecule has 0 atom stereocenters. The Balaban J connectivity index is 1.27. The van der Waals surface area contributed by atoms with E-state index in [0.29, 0.717) is 0 Å². The van der Waals surface area contributed by atoms with Crippen LogP contribution in [0.5, 0.6) is 0 Å². The minimum absolute atomic E-state index is 0.0527. The largest absolute Gasteiger partial charge is 0.379 e. The molecule has 1 saturated heterocycles. The lowest BCUT2D eigenvalue weighted by Gasteiger charge is -2.35. The third-order valence-electron chi connectivity index (χ3n) is 6.82. The van der Waals surface area contributed by atoms with E-state index >= 15 is 0 Å². The molecule has 0 bridgehead atoms. The van der Waals surface area contributed by atoms with Crippen LogP contribution in [0.4, 0.5) is 11.5 Å². The first-order valence-electron chi connectivity index (χ1n) is 12.3. The molecule has 0 spiro atoms. The summed E-state index contributed by atoms with van der Waals surface area (Å²) in [5, 5.41) is 4.58. The minimum Gasteiger partial charge on any atom is -0.379 e. The van der Waals surface area contributed by atoms with Crippen molar-refractivity contribution in [3.05, 3.63) is 71.6 Å². The zero-order chi connectivity index (χ0) is 24.7. The van der Waals surface area contributed by atoms with Crippen molar-refractivity contribution in [1.82, 2.24) is 24.3 Å². The van der Waals surface area contributed by atoms with Crippen LogP contribution in [0.1, 0.15) is 24.4 Å². The third-order valence-corrected chi connectivity index (χ3v) is 7.77. The van der Waals surface area contributed by atoms with Crippen molar-refractivity contribution in [2.24, 2.45) is 0 Å². The monoisotopic (exact) mass is 498 g/mol. The number of thiazole rings is 1. The number of aromatic nitrogens is 4. The molecule has 1 N–H and O–H groups in total. The average molecular weight is 499 g/mol. The van der Waals surface area contributed by atoms with Gasteiger partial charge in [-0.05, 0) is 36.8 Å². The van der Waals surface area contributed by atoms with Crippen molar-refractivity contribution in [3.63, 3.8) is 0 Å². The van der Waals surface area contributed by atoms with Crippen LogP contribution in [0.2, 0.25) is 0 Å². The number of nitrogens with zero attached hydrogens (tertiary/aromatic N) is 5. The summed E-state index contributed by atoms with van der Waals surface area (Å²) >= 11 is 1.71. The molecule has 0 saturated carbocycles. The molecule has 8 heteroatoms. The molecule has 1 fully saturated rings. The SMILES string of the molecule is Cc1nc2cc(-c3cn4ccnc4c(Nc4ccc(C(C)(C)CN5CCOCC5)cc4)n3)ccc2s1. The lowest BCUT2D eigenvalue weighted by atomic mass is 9.84. The number of imidazole rings is 1. The topological polar surface area (TPSA) is 67.6 Å². The van der Waals surface area contributed by atoms with Crippen molar-refractivity contribution in [3.8, 4) is 11.3 Å². The van der Waals surface area contributed by atoms with Crippen molar-refractivity contribution in [1.29, 1.82) is 0 Å². The number of ether oxygens (including phenoxy) is 1. The Bertz CT molecular complexity index is 1510. The van der Waals surface area contributed by atoms with E-state index in [2.05, 4.69) is 76.5 Å². The molecule has 0 amide bonds. The fourth-order valence-electron chi connectivity index (χ4n) is 4.91. The van der Waals surface area contributed by atoms with Gasteiger partial charge in [0.2, 0.25) is 0 Å². The van der Waals surface area contributed by atoms with Crippen LogP contribution in [0.15, 0.2) is 61.1 Å². The molecular weight excluding hydrogens is 468 g/mol. The Kier molecular flexibility index (Phi) is 5.95. The molecule has 36 heavy (non-hydrogen) atoms. The first kappa shape index (κ1) is 23.1. The van der Waals surface area contributed by atoms with E-state index < -0.39 is 0 Å². The molecule has 1 aliphatic rings. The first-order chi connectivity index (χ1) is 17.4. The van der Waals surface area contributed by atoms with Gasteiger partial charge >= 0.3 is 0 Å². The zero-order valence-electron chi connectivity index (χ0n) is 20.9. The average Bonchev–Trinajstić information content (AvgIpc) is 3.50. The van der Waals surface area contributed by atoms with Crippen LogP contribution < -0.4 is 5.32 Å². The Labute approximate surface area is 214 Å². The van der Waals surface area contributed by atoms with Gasteiger partial charge < -0.3 is 14.5 Å². The Morgan fingerprint density at radius 2 is 1.86 bits per heavy atom. The first-order valence-corrected chi connectivity index (χ1v) is 13.2. The van der Waals surface area contributed by atoms with Gasteiger partial charge in [0.1, 0.15) is 0 Å². The smallest absolute Gasteiger partial charge is 0.180 e. The van der Waals surface area contributed by atoms with Crippen molar-refractivity contribution in [2.45, 2.75) is 26.2 Å². The highest BCUT2D eigenvalue weighted by Gasteiger charge is 2.25. The lowest BCUT2D eigenvalue weighted by Crippen LogP contribution is -2.43. The summed E-state index contributed by atoms with van der Waals surface area (Å²) in [7, 11) is 0. The van der Waals surface area contributed by atoms with Gasteiger partial charge in [-0.2, -0.15) is 0 Å². The maximum absolute atomic E-state index is 5.51. The van der Waals surface area contributed by atoms with Gasteiger partial charge in [0, 0.05) is 54.9 Å². The number of fused-ring (bicyclic) bond motifs is 2. The number of nitrogens with one attached hydrogen (secondary N) is 1. The van der Waals surface area contributed by atoms with Crippen LogP contribution in [0, 0.1) is 6.92 Å². The summed E-state index contributed by atoms with van der Waals surface area (Å²) in [4.78, 5) is 16.6. The second kappa shape index (κ2) is 9.28. The number of hydrogen-bond acceptors (Lipinski definition) is 7. The standard InChI is InChI=1S/C28H30N6OS/c1-19-30-23-16-20(4-9-25(23)36-19)24-17-34-11-10-29-27(34)26(32-24)31-22-7-5-21(6-8-22)28(2,3)18-33-12-14-35-15-13-33/h4-11,16-17H,12-15,18H2,1-3H3,(H,31,32). The molecule has 4 heterocycles. The molecule has 0 aliphatic carbocycles. The van der Waals surface area contributed by atoms with E-state index in [1.807, 2.05) is 23.7 Å². The summed E-state index contributed by atoms with van der Waals surface area (Å²) in [5.74, 6) is 0.729. The number of hydrogen-bond donors (Lipinski definition) is 1. The van der Waals surface area contributed by atoms with Gasteiger partial charge in [-0.25, -0.2) is 15.0 Å². The number of anilines is 2. The number of morpholine rings is 1. The van der Waals surface area contributed by atoms with Gasteiger partial charge in [-0.3, -0.25) is 4.90 Å². The van der Waals surface area contributed by atoms with Gasteiger partial charge in [0.25, 0.3) is 0 Å². The molecule has 2 aromatic carbocycles. The fraction of sp³-hybridized carbons (Fsp3) is 0.321. The van der Waals surface area contributed by atoms with E-state index in [-0.39, 0.29) is 5.41 Å². The molecule has 6 rings (SSSR count). The minimum atomic E-state index is 0.0527. The second-order valence-electron chi connectivity index (χ2n) is 10.0. The molecule has 3 aromatic heterocycles. The maximum atomic E-state index is 5.51. The van der Waals surface area contributed by atoms with Crippen LogP contribution in [-0.2, 0) is 10.2 Å². The predicted molar refractivity (Wildman–Crippen MR) is 146 cm³/mol. The van der Waals surface area contributed by atoms with E-state index in [9.17, 15) is 0 Å². The summed E-state index contributed by atoms with van der Waals surface area (Å²) in [6.45, 7) is 11.3. The normalized spacial score (nSPS) is 15.1. The number of benzene rings is 2. The lowest BCUT2D eigenvalue weighted by molar-refractivity contribution is 0.0295. The molecule has 7 nitrogen and oxygen atoms in total. The molecule has 184 valence electrons. The van der Waals surface area contributed by atoms with Gasteiger partial charge in [0.05, 0.1) is 34.1 Å². The number of rotatable bonds is 6. The second-order valence-corrected chi connectivity index (χ2v) is 11.3. The summed E-state index contributed by atoms with van der Waals surface area (Å²) in [5.41, 5.74) is 6.07. The summed E-state index contributed by atoms with van der Waals surface area (Å²) in [6.07, 6.45) is 5.77.